The first-order valence-electron chi connectivity index (χ1n) is 6.51. The molecule has 0 aliphatic carbocycles. The molecule has 19 heavy (non-hydrogen) atoms. The first-order valence-corrected chi connectivity index (χ1v) is 6.51. The predicted octanol–water partition coefficient (Wildman–Crippen LogP) is 1.39. The van der Waals surface area contributed by atoms with Gasteiger partial charge in [-0.3, -0.25) is 10.6 Å². The number of amides is 1. The number of aryl methyl sites for hydroxylation is 1. The zero-order chi connectivity index (χ0) is 13.8. The summed E-state index contributed by atoms with van der Waals surface area (Å²) in [6.07, 6.45) is 0.997. The number of rotatable bonds is 4. The van der Waals surface area contributed by atoms with Crippen molar-refractivity contribution in [3.05, 3.63) is 29.3 Å². The van der Waals surface area contributed by atoms with Gasteiger partial charge in [0.15, 0.2) is 0 Å². The maximum Gasteiger partial charge on any atom is 0.256 e. The summed E-state index contributed by atoms with van der Waals surface area (Å²) in [4.78, 5) is 14.4. The number of methoxy groups -OCH3 is 1. The molecule has 0 bridgehead atoms. The SMILES string of the molecule is COCC1CCN(C(=O)c2cc(C)ccc2NN)C1. The quantitative estimate of drug-likeness (QED) is 0.636. The third-order valence-electron chi connectivity index (χ3n) is 3.54. The van der Waals surface area contributed by atoms with Crippen LogP contribution in [-0.2, 0) is 4.74 Å². The molecule has 1 fully saturated rings. The molecule has 1 amide bonds. The number of nitrogens with zero attached hydrogens (tertiary/aromatic N) is 1. The molecule has 1 aliphatic rings. The molecule has 1 atom stereocenters. The van der Waals surface area contributed by atoms with E-state index in [1.54, 1.807) is 7.11 Å². The lowest BCUT2D eigenvalue weighted by atomic mass is 10.1. The number of hydrogen-bond donors (Lipinski definition) is 2. The Kier molecular flexibility index (Phi) is 4.39. The van der Waals surface area contributed by atoms with Gasteiger partial charge < -0.3 is 15.1 Å². The van der Waals surface area contributed by atoms with Gasteiger partial charge in [0.2, 0.25) is 0 Å². The highest BCUT2D eigenvalue weighted by Gasteiger charge is 2.27. The van der Waals surface area contributed by atoms with Crippen LogP contribution in [0, 0.1) is 12.8 Å². The Morgan fingerprint density at radius 3 is 3.05 bits per heavy atom. The second kappa shape index (κ2) is 6.04. The number of nitrogens with one attached hydrogen (secondary N) is 1. The number of hydrazine groups is 1. The number of hydrogen-bond acceptors (Lipinski definition) is 4. The summed E-state index contributed by atoms with van der Waals surface area (Å²) >= 11 is 0. The number of ether oxygens (including phenoxy) is 1. The molecule has 1 unspecified atom stereocenters. The standard InChI is InChI=1S/C14H21N3O2/c1-10-3-4-13(16-15)12(7-10)14(18)17-6-5-11(8-17)9-19-2/h3-4,7,11,16H,5-6,8-9,15H2,1-2H3. The van der Waals surface area contributed by atoms with Crippen LogP contribution in [0.5, 0.6) is 0 Å². The van der Waals surface area contributed by atoms with Crippen molar-refractivity contribution >= 4 is 11.6 Å². The molecule has 1 aromatic carbocycles. The Morgan fingerprint density at radius 1 is 1.58 bits per heavy atom. The molecule has 2 rings (SSSR count). The van der Waals surface area contributed by atoms with E-state index in [1.807, 2.05) is 30.0 Å². The first-order chi connectivity index (χ1) is 9.15. The number of anilines is 1. The smallest absolute Gasteiger partial charge is 0.256 e. The minimum absolute atomic E-state index is 0.0373. The summed E-state index contributed by atoms with van der Waals surface area (Å²) in [6.45, 7) is 4.21. The van der Waals surface area contributed by atoms with Crippen molar-refractivity contribution in [2.45, 2.75) is 13.3 Å². The Hall–Kier alpha value is -1.59. The summed E-state index contributed by atoms with van der Waals surface area (Å²) in [7, 11) is 1.70. The van der Waals surface area contributed by atoms with E-state index in [0.29, 0.717) is 23.8 Å². The van der Waals surface area contributed by atoms with Crippen LogP contribution in [0.1, 0.15) is 22.3 Å². The fraction of sp³-hybridized carbons (Fsp3) is 0.500. The third kappa shape index (κ3) is 3.05. The second-order valence-corrected chi connectivity index (χ2v) is 5.05. The van der Waals surface area contributed by atoms with Crippen molar-refractivity contribution in [3.63, 3.8) is 0 Å². The number of carbonyl (C=O) groups is 1. The summed E-state index contributed by atoms with van der Waals surface area (Å²) in [5.41, 5.74) is 4.95. The molecule has 3 N–H and O–H groups in total. The van der Waals surface area contributed by atoms with Crippen LogP contribution in [0.2, 0.25) is 0 Å². The maximum absolute atomic E-state index is 12.5. The van der Waals surface area contributed by atoms with Crippen molar-refractivity contribution < 1.29 is 9.53 Å². The fourth-order valence-corrected chi connectivity index (χ4v) is 2.52. The van der Waals surface area contributed by atoms with Crippen LogP contribution in [0.15, 0.2) is 18.2 Å². The highest BCUT2D eigenvalue weighted by molar-refractivity contribution is 5.99. The van der Waals surface area contributed by atoms with Gasteiger partial charge in [-0.25, -0.2) is 0 Å². The molecule has 0 spiro atoms. The van der Waals surface area contributed by atoms with Crippen LogP contribution in [0.4, 0.5) is 5.69 Å². The lowest BCUT2D eigenvalue weighted by molar-refractivity contribution is 0.0776. The van der Waals surface area contributed by atoms with Gasteiger partial charge in [0.1, 0.15) is 0 Å². The molecule has 0 radical (unpaired) electrons. The van der Waals surface area contributed by atoms with Crippen molar-refractivity contribution in [2.24, 2.45) is 11.8 Å². The number of nitrogens with two attached hydrogens (primary N) is 1. The molecule has 0 aromatic heterocycles. The largest absolute Gasteiger partial charge is 0.384 e. The van der Waals surface area contributed by atoms with Gasteiger partial charge in [0.05, 0.1) is 17.9 Å². The molecule has 1 aromatic rings. The van der Waals surface area contributed by atoms with E-state index in [2.05, 4.69) is 5.43 Å². The topological polar surface area (TPSA) is 67.6 Å². The molecule has 5 heteroatoms. The normalized spacial score (nSPS) is 18.7. The Labute approximate surface area is 113 Å². The van der Waals surface area contributed by atoms with Gasteiger partial charge in [-0.1, -0.05) is 11.6 Å². The third-order valence-corrected chi connectivity index (χ3v) is 3.54. The van der Waals surface area contributed by atoms with E-state index < -0.39 is 0 Å². The number of likely N-dealkylation sites (tertiary alicyclic amines) is 1. The Balaban J connectivity index is 2.14. The highest BCUT2D eigenvalue weighted by atomic mass is 16.5. The molecular formula is C14H21N3O2. The maximum atomic E-state index is 12.5. The second-order valence-electron chi connectivity index (χ2n) is 5.05. The molecule has 0 saturated carbocycles. The van der Waals surface area contributed by atoms with Crippen molar-refractivity contribution in [3.8, 4) is 0 Å². The summed E-state index contributed by atoms with van der Waals surface area (Å²) in [6, 6.07) is 5.65. The van der Waals surface area contributed by atoms with E-state index >= 15 is 0 Å². The average molecular weight is 263 g/mol. The highest BCUT2D eigenvalue weighted by Crippen LogP contribution is 2.23. The lowest BCUT2D eigenvalue weighted by Crippen LogP contribution is -2.30. The summed E-state index contributed by atoms with van der Waals surface area (Å²) in [5.74, 6) is 5.95. The molecule has 104 valence electrons. The fourth-order valence-electron chi connectivity index (χ4n) is 2.52. The van der Waals surface area contributed by atoms with Gasteiger partial charge >= 0.3 is 0 Å². The van der Waals surface area contributed by atoms with Gasteiger partial charge in [0, 0.05) is 26.1 Å². The van der Waals surface area contributed by atoms with Crippen LogP contribution in [-0.4, -0.2) is 37.6 Å². The minimum atomic E-state index is 0.0373. The van der Waals surface area contributed by atoms with Crippen molar-refractivity contribution in [1.29, 1.82) is 0 Å². The zero-order valence-corrected chi connectivity index (χ0v) is 11.5. The Bertz CT molecular complexity index is 462. The van der Waals surface area contributed by atoms with Crippen LogP contribution in [0.3, 0.4) is 0 Å². The zero-order valence-electron chi connectivity index (χ0n) is 11.5. The van der Waals surface area contributed by atoms with E-state index in [9.17, 15) is 4.79 Å². The number of benzene rings is 1. The van der Waals surface area contributed by atoms with E-state index in [4.69, 9.17) is 10.6 Å². The Morgan fingerprint density at radius 2 is 2.37 bits per heavy atom. The van der Waals surface area contributed by atoms with Gasteiger partial charge in [-0.2, -0.15) is 0 Å². The molecule has 1 heterocycles. The lowest BCUT2D eigenvalue weighted by Gasteiger charge is -2.18. The van der Waals surface area contributed by atoms with Gasteiger partial charge in [0.25, 0.3) is 5.91 Å². The van der Waals surface area contributed by atoms with Gasteiger partial charge in [-0.05, 0) is 25.5 Å². The number of nitrogen functional groups attached to an aromatic ring is 1. The first kappa shape index (κ1) is 13.8. The average Bonchev–Trinajstić information content (AvgIpc) is 2.87. The van der Waals surface area contributed by atoms with E-state index in [-0.39, 0.29) is 5.91 Å². The molecule has 1 saturated heterocycles. The minimum Gasteiger partial charge on any atom is -0.384 e. The van der Waals surface area contributed by atoms with Crippen molar-refractivity contribution in [1.82, 2.24) is 4.90 Å². The summed E-state index contributed by atoms with van der Waals surface area (Å²) < 4.78 is 5.15. The van der Waals surface area contributed by atoms with Crippen LogP contribution >= 0.6 is 0 Å². The monoisotopic (exact) mass is 263 g/mol. The summed E-state index contributed by atoms with van der Waals surface area (Å²) in [5, 5.41) is 0. The van der Waals surface area contributed by atoms with Crippen LogP contribution in [0.25, 0.3) is 0 Å². The predicted molar refractivity (Wildman–Crippen MR) is 74.9 cm³/mol. The molecule has 5 nitrogen and oxygen atoms in total. The van der Waals surface area contributed by atoms with E-state index in [0.717, 1.165) is 25.1 Å². The molecule has 1 aliphatic heterocycles. The molecular weight excluding hydrogens is 242 g/mol. The van der Waals surface area contributed by atoms with E-state index in [1.165, 1.54) is 0 Å². The van der Waals surface area contributed by atoms with Crippen LogP contribution < -0.4 is 11.3 Å². The van der Waals surface area contributed by atoms with Gasteiger partial charge in [-0.15, -0.1) is 0 Å². The van der Waals surface area contributed by atoms with Crippen molar-refractivity contribution in [2.75, 3.05) is 32.2 Å². The number of carbonyl (C=O) groups excluding carboxylic acids is 1.